The molecule has 0 atom stereocenters. The molecule has 7 nitrogen and oxygen atoms in total. The maximum atomic E-state index is 12.1. The molecule has 8 heteroatoms. The molecule has 3 aromatic rings. The maximum absolute atomic E-state index is 12.1. The van der Waals surface area contributed by atoms with Crippen LogP contribution in [0.25, 0.3) is 11.5 Å². The number of hydrogen-bond donors (Lipinski definition) is 1. The van der Waals surface area contributed by atoms with Crippen molar-refractivity contribution in [3.8, 4) is 17.3 Å². The Morgan fingerprint density at radius 1 is 1.33 bits per heavy atom. The molecule has 3 rings (SSSR count). The number of rotatable bonds is 6. The maximum Gasteiger partial charge on any atom is 0.248 e. The minimum atomic E-state index is -0.139. The van der Waals surface area contributed by atoms with Crippen LogP contribution >= 0.6 is 11.3 Å². The first-order valence-corrected chi connectivity index (χ1v) is 8.26. The van der Waals surface area contributed by atoms with Crippen LogP contribution in [-0.2, 0) is 11.2 Å². The van der Waals surface area contributed by atoms with E-state index < -0.39 is 0 Å². The molecule has 1 amide bonds. The molecule has 0 unspecified atom stereocenters. The molecule has 0 fully saturated rings. The van der Waals surface area contributed by atoms with Crippen molar-refractivity contribution in [2.24, 2.45) is 0 Å². The monoisotopic (exact) mass is 344 g/mol. The van der Waals surface area contributed by atoms with E-state index in [-0.39, 0.29) is 12.3 Å². The first-order valence-electron chi connectivity index (χ1n) is 7.32. The summed E-state index contributed by atoms with van der Waals surface area (Å²) in [5, 5.41) is 14.7. The third kappa shape index (κ3) is 3.77. The molecule has 3 aromatic heterocycles. The van der Waals surface area contributed by atoms with E-state index in [4.69, 9.17) is 9.15 Å². The van der Waals surface area contributed by atoms with Crippen LogP contribution < -0.4 is 10.1 Å². The van der Waals surface area contributed by atoms with E-state index in [1.54, 1.807) is 30.6 Å². The van der Waals surface area contributed by atoms with Crippen molar-refractivity contribution >= 4 is 22.9 Å². The molecule has 0 aliphatic rings. The van der Waals surface area contributed by atoms with Gasteiger partial charge < -0.3 is 14.5 Å². The highest BCUT2D eigenvalue weighted by Gasteiger charge is 2.12. The molecule has 0 spiro atoms. The van der Waals surface area contributed by atoms with E-state index in [9.17, 15) is 4.79 Å². The molecule has 0 saturated carbocycles. The zero-order valence-corrected chi connectivity index (χ0v) is 14.1. The van der Waals surface area contributed by atoms with Gasteiger partial charge in [-0.1, -0.05) is 0 Å². The summed E-state index contributed by atoms with van der Waals surface area (Å²) in [5.41, 5.74) is 2.24. The molecule has 124 valence electrons. The summed E-state index contributed by atoms with van der Waals surface area (Å²) in [6.07, 6.45) is 0.627. The van der Waals surface area contributed by atoms with Crippen LogP contribution in [0, 0.1) is 6.92 Å². The Hall–Kier alpha value is -2.74. The number of hydrogen-bond acceptors (Lipinski definition) is 7. The molecule has 0 aromatic carbocycles. The number of nitrogens with one attached hydrogen (secondary N) is 1. The Labute approximate surface area is 142 Å². The molecule has 1 N–H and O–H groups in total. The van der Waals surface area contributed by atoms with Crippen LogP contribution in [0.2, 0.25) is 0 Å². The van der Waals surface area contributed by atoms with Gasteiger partial charge in [-0.05, 0) is 24.4 Å². The molecule has 0 radical (unpaired) electrons. The Bertz CT molecular complexity index is 830. The molecule has 0 aliphatic carbocycles. The Morgan fingerprint density at radius 2 is 2.21 bits per heavy atom. The second-order valence-corrected chi connectivity index (χ2v) is 5.83. The molecule has 24 heavy (non-hydrogen) atoms. The van der Waals surface area contributed by atoms with Gasteiger partial charge in [-0.2, -0.15) is 11.3 Å². The van der Waals surface area contributed by atoms with E-state index in [1.165, 1.54) is 0 Å². The predicted molar refractivity (Wildman–Crippen MR) is 90.1 cm³/mol. The minimum absolute atomic E-state index is 0.139. The van der Waals surface area contributed by atoms with Gasteiger partial charge in [0.05, 0.1) is 18.5 Å². The molecule has 0 bridgehead atoms. The minimum Gasteiger partial charge on any atom is -0.481 e. The highest BCUT2D eigenvalue weighted by atomic mass is 32.1. The fourth-order valence-corrected chi connectivity index (χ4v) is 2.70. The third-order valence-electron chi connectivity index (χ3n) is 3.34. The lowest BCUT2D eigenvalue weighted by atomic mass is 10.2. The summed E-state index contributed by atoms with van der Waals surface area (Å²) in [6, 6.07) is 5.38. The number of ether oxygens (including phenoxy) is 1. The van der Waals surface area contributed by atoms with Gasteiger partial charge in [-0.25, -0.2) is 4.98 Å². The van der Waals surface area contributed by atoms with Crippen molar-refractivity contribution in [3.63, 3.8) is 0 Å². The summed E-state index contributed by atoms with van der Waals surface area (Å²) in [6.45, 7) is 1.81. The molecule has 0 saturated heterocycles. The molecular weight excluding hydrogens is 328 g/mol. The van der Waals surface area contributed by atoms with Crippen molar-refractivity contribution < 1.29 is 13.9 Å². The number of methoxy groups -OCH3 is 1. The average Bonchev–Trinajstić information content (AvgIpc) is 3.26. The first-order chi connectivity index (χ1) is 11.7. The van der Waals surface area contributed by atoms with Crippen molar-refractivity contribution in [1.82, 2.24) is 15.2 Å². The highest BCUT2D eigenvalue weighted by molar-refractivity contribution is 7.08. The van der Waals surface area contributed by atoms with Gasteiger partial charge in [-0.15, -0.1) is 10.2 Å². The molecular formula is C16H16N4O3S. The largest absolute Gasteiger partial charge is 0.481 e. The van der Waals surface area contributed by atoms with Gasteiger partial charge in [0.15, 0.2) is 0 Å². The lowest BCUT2D eigenvalue weighted by molar-refractivity contribution is -0.116. The van der Waals surface area contributed by atoms with Crippen molar-refractivity contribution in [2.45, 2.75) is 19.8 Å². The number of amides is 1. The van der Waals surface area contributed by atoms with Crippen LogP contribution in [0.1, 0.15) is 18.0 Å². The van der Waals surface area contributed by atoms with E-state index in [1.807, 2.05) is 23.8 Å². The van der Waals surface area contributed by atoms with E-state index in [0.717, 1.165) is 5.56 Å². The smallest absolute Gasteiger partial charge is 0.248 e. The summed E-state index contributed by atoms with van der Waals surface area (Å²) in [7, 11) is 1.55. The van der Waals surface area contributed by atoms with Gasteiger partial charge in [0.25, 0.3) is 0 Å². The topological polar surface area (TPSA) is 90.1 Å². The van der Waals surface area contributed by atoms with Gasteiger partial charge in [0.1, 0.15) is 0 Å². The zero-order valence-electron chi connectivity index (χ0n) is 13.3. The van der Waals surface area contributed by atoms with Crippen LogP contribution in [0.15, 0.2) is 33.4 Å². The summed E-state index contributed by atoms with van der Waals surface area (Å²) in [4.78, 5) is 16.3. The van der Waals surface area contributed by atoms with Crippen LogP contribution in [0.4, 0.5) is 5.69 Å². The number of anilines is 1. The summed E-state index contributed by atoms with van der Waals surface area (Å²) >= 11 is 1.56. The second-order valence-electron chi connectivity index (χ2n) is 5.05. The number of aromatic nitrogens is 3. The number of aryl methyl sites for hydroxylation is 2. The van der Waals surface area contributed by atoms with Gasteiger partial charge in [-0.3, -0.25) is 4.79 Å². The quantitative estimate of drug-likeness (QED) is 0.739. The second kappa shape index (κ2) is 7.22. The van der Waals surface area contributed by atoms with E-state index in [2.05, 4.69) is 20.5 Å². The van der Waals surface area contributed by atoms with Gasteiger partial charge >= 0.3 is 0 Å². The number of nitrogens with zero attached hydrogens (tertiary/aromatic N) is 3. The van der Waals surface area contributed by atoms with Gasteiger partial charge in [0.2, 0.25) is 23.6 Å². The summed E-state index contributed by atoms with van der Waals surface area (Å²) in [5.74, 6) is 1.29. The average molecular weight is 344 g/mol. The predicted octanol–water partition coefficient (Wildman–Crippen LogP) is 3.08. The summed E-state index contributed by atoms with van der Waals surface area (Å²) < 4.78 is 10.6. The standard InChI is InChI=1S/C16H16N4O3S/c1-10-12(3-5-14(17-10)22-2)18-13(21)4-6-15-19-20-16(23-15)11-7-8-24-9-11/h3,5,7-9H,4,6H2,1-2H3,(H,18,21). The lowest BCUT2D eigenvalue weighted by Gasteiger charge is -2.08. The number of thiophene rings is 1. The lowest BCUT2D eigenvalue weighted by Crippen LogP contribution is -2.13. The third-order valence-corrected chi connectivity index (χ3v) is 4.03. The highest BCUT2D eigenvalue weighted by Crippen LogP contribution is 2.21. The number of carbonyl (C=O) groups excluding carboxylic acids is 1. The van der Waals surface area contributed by atoms with Crippen LogP contribution in [0.3, 0.4) is 0 Å². The van der Waals surface area contributed by atoms with Crippen molar-refractivity contribution in [1.29, 1.82) is 0 Å². The van der Waals surface area contributed by atoms with Crippen LogP contribution in [-0.4, -0.2) is 28.2 Å². The Kier molecular flexibility index (Phi) is 4.85. The van der Waals surface area contributed by atoms with Gasteiger partial charge in [0, 0.05) is 29.9 Å². The number of carbonyl (C=O) groups is 1. The first kappa shape index (κ1) is 16.1. The fourth-order valence-electron chi connectivity index (χ4n) is 2.07. The Balaban J connectivity index is 1.56. The van der Waals surface area contributed by atoms with Crippen molar-refractivity contribution in [2.75, 3.05) is 12.4 Å². The Morgan fingerprint density at radius 3 is 2.92 bits per heavy atom. The van der Waals surface area contributed by atoms with E-state index >= 15 is 0 Å². The van der Waals surface area contributed by atoms with Crippen molar-refractivity contribution in [3.05, 3.63) is 40.5 Å². The van der Waals surface area contributed by atoms with Crippen LogP contribution in [0.5, 0.6) is 5.88 Å². The fraction of sp³-hybridized carbons (Fsp3) is 0.250. The number of pyridine rings is 1. The van der Waals surface area contributed by atoms with E-state index in [0.29, 0.717) is 35.5 Å². The zero-order chi connectivity index (χ0) is 16.9. The molecule has 0 aliphatic heterocycles. The normalized spacial score (nSPS) is 10.6. The molecule has 3 heterocycles. The SMILES string of the molecule is COc1ccc(NC(=O)CCc2nnc(-c3ccsc3)o2)c(C)n1.